The summed E-state index contributed by atoms with van der Waals surface area (Å²) in [4.78, 5) is 29.1. The Labute approximate surface area is 240 Å². The second-order valence-corrected chi connectivity index (χ2v) is 10.4. The molecular formula is C31H34Cl2N2O4. The molecule has 0 fully saturated rings. The lowest BCUT2D eigenvalue weighted by Gasteiger charge is -2.32. The van der Waals surface area contributed by atoms with Crippen molar-refractivity contribution in [2.75, 3.05) is 19.8 Å². The van der Waals surface area contributed by atoms with Gasteiger partial charge >= 0.3 is 0 Å². The largest absolute Gasteiger partial charge is 0.486 e. The third kappa shape index (κ3) is 8.13. The number of nitrogens with one attached hydrogen (secondary N) is 1. The summed E-state index contributed by atoms with van der Waals surface area (Å²) < 4.78 is 11.3. The topological polar surface area (TPSA) is 67.9 Å². The van der Waals surface area contributed by atoms with E-state index in [2.05, 4.69) is 12.2 Å². The van der Waals surface area contributed by atoms with Gasteiger partial charge < -0.3 is 19.7 Å². The molecule has 4 rings (SSSR count). The van der Waals surface area contributed by atoms with Crippen molar-refractivity contribution in [2.24, 2.45) is 0 Å². The molecular weight excluding hydrogens is 535 g/mol. The second kappa shape index (κ2) is 14.2. The zero-order valence-electron chi connectivity index (χ0n) is 22.1. The van der Waals surface area contributed by atoms with Gasteiger partial charge in [-0.05, 0) is 53.8 Å². The van der Waals surface area contributed by atoms with Crippen LogP contribution in [0.5, 0.6) is 11.5 Å². The molecule has 0 radical (unpaired) electrons. The van der Waals surface area contributed by atoms with E-state index in [0.29, 0.717) is 54.1 Å². The maximum Gasteiger partial charge on any atom is 0.243 e. The van der Waals surface area contributed by atoms with Gasteiger partial charge in [0.1, 0.15) is 19.3 Å². The van der Waals surface area contributed by atoms with Gasteiger partial charge in [-0.2, -0.15) is 0 Å². The lowest BCUT2D eigenvalue weighted by atomic mass is 10.0. The Morgan fingerprint density at radius 1 is 0.949 bits per heavy atom. The van der Waals surface area contributed by atoms with Crippen LogP contribution in [0.15, 0.2) is 66.7 Å². The van der Waals surface area contributed by atoms with E-state index in [0.717, 1.165) is 29.5 Å². The smallest absolute Gasteiger partial charge is 0.243 e. The van der Waals surface area contributed by atoms with Gasteiger partial charge in [0.2, 0.25) is 11.8 Å². The molecule has 6 nitrogen and oxygen atoms in total. The number of halogens is 2. The molecule has 0 aromatic heterocycles. The van der Waals surface area contributed by atoms with Gasteiger partial charge in [0.25, 0.3) is 0 Å². The number of aryl methyl sites for hydroxylation is 1. The van der Waals surface area contributed by atoms with Gasteiger partial charge in [-0.25, -0.2) is 0 Å². The van der Waals surface area contributed by atoms with Gasteiger partial charge in [0, 0.05) is 36.0 Å². The Bertz CT molecular complexity index is 1270. The fourth-order valence-corrected chi connectivity index (χ4v) is 5.00. The van der Waals surface area contributed by atoms with Gasteiger partial charge in [0.15, 0.2) is 11.5 Å². The zero-order valence-corrected chi connectivity index (χ0v) is 23.6. The van der Waals surface area contributed by atoms with Crippen LogP contribution in [-0.2, 0) is 29.0 Å². The highest BCUT2D eigenvalue weighted by Crippen LogP contribution is 2.31. The van der Waals surface area contributed by atoms with Crippen molar-refractivity contribution in [1.82, 2.24) is 10.2 Å². The standard InChI is InChI=1S/C31H34Cl2N2O4/c1-2-3-15-34-31(37)27(18-22-7-5-4-6-8-22)35(21-24-11-12-25(32)20-26(24)33)30(36)14-10-23-9-13-28-29(19-23)39-17-16-38-28/h4-9,11-13,19-20,27H,2-3,10,14-18,21H2,1H3,(H,34,37)/t27-/m1/s1. The van der Waals surface area contributed by atoms with Crippen molar-refractivity contribution < 1.29 is 19.1 Å². The number of fused-ring (bicyclic) bond motifs is 1. The molecule has 1 atom stereocenters. The monoisotopic (exact) mass is 568 g/mol. The Morgan fingerprint density at radius 2 is 1.72 bits per heavy atom. The first-order valence-corrected chi connectivity index (χ1v) is 14.1. The number of amides is 2. The summed E-state index contributed by atoms with van der Waals surface area (Å²) in [6.45, 7) is 3.84. The number of nitrogens with zero attached hydrogens (tertiary/aromatic N) is 1. The van der Waals surface area contributed by atoms with E-state index in [-0.39, 0.29) is 24.8 Å². The van der Waals surface area contributed by atoms with Gasteiger partial charge in [-0.1, -0.05) is 79.0 Å². The molecule has 0 saturated carbocycles. The van der Waals surface area contributed by atoms with Crippen LogP contribution in [-0.4, -0.2) is 42.5 Å². The fraction of sp³-hybridized carbons (Fsp3) is 0.355. The third-order valence-electron chi connectivity index (χ3n) is 6.69. The number of hydrogen-bond acceptors (Lipinski definition) is 4. The van der Waals surface area contributed by atoms with Crippen molar-refractivity contribution in [3.8, 4) is 11.5 Å². The molecule has 1 heterocycles. The SMILES string of the molecule is CCCCNC(=O)[C@@H](Cc1ccccc1)N(Cc1ccc(Cl)cc1Cl)C(=O)CCc1ccc2c(c1)OCCO2. The van der Waals surface area contributed by atoms with Crippen LogP contribution in [0, 0.1) is 0 Å². The van der Waals surface area contributed by atoms with Crippen LogP contribution in [0.1, 0.15) is 42.9 Å². The van der Waals surface area contributed by atoms with Gasteiger partial charge in [-0.15, -0.1) is 0 Å². The van der Waals surface area contributed by atoms with Gasteiger partial charge in [-0.3, -0.25) is 9.59 Å². The number of carbonyl (C=O) groups excluding carboxylic acids is 2. The van der Waals surface area contributed by atoms with Crippen LogP contribution in [0.4, 0.5) is 0 Å². The normalized spacial score (nSPS) is 13.0. The molecule has 1 aliphatic rings. The van der Waals surface area contributed by atoms with E-state index in [1.54, 1.807) is 23.1 Å². The molecule has 3 aromatic rings. The minimum atomic E-state index is -0.705. The highest BCUT2D eigenvalue weighted by molar-refractivity contribution is 6.35. The average Bonchev–Trinajstić information content (AvgIpc) is 2.95. The predicted molar refractivity (Wildman–Crippen MR) is 155 cm³/mol. The summed E-state index contributed by atoms with van der Waals surface area (Å²) in [7, 11) is 0. The number of rotatable bonds is 12. The van der Waals surface area contributed by atoms with E-state index in [4.69, 9.17) is 32.7 Å². The third-order valence-corrected chi connectivity index (χ3v) is 7.28. The van der Waals surface area contributed by atoms with E-state index < -0.39 is 6.04 Å². The first-order chi connectivity index (χ1) is 18.9. The lowest BCUT2D eigenvalue weighted by molar-refractivity contribution is -0.141. The van der Waals surface area contributed by atoms with E-state index in [1.807, 2.05) is 48.5 Å². The van der Waals surface area contributed by atoms with E-state index >= 15 is 0 Å². The molecule has 0 unspecified atom stereocenters. The molecule has 0 saturated heterocycles. The Morgan fingerprint density at radius 3 is 2.46 bits per heavy atom. The maximum absolute atomic E-state index is 13.9. The molecule has 8 heteroatoms. The van der Waals surface area contributed by atoms with E-state index in [1.165, 1.54) is 0 Å². The van der Waals surface area contributed by atoms with Crippen LogP contribution < -0.4 is 14.8 Å². The Balaban J connectivity index is 1.60. The molecule has 206 valence electrons. The molecule has 1 N–H and O–H groups in total. The minimum absolute atomic E-state index is 0.137. The van der Waals surface area contributed by atoms with E-state index in [9.17, 15) is 9.59 Å². The average molecular weight is 570 g/mol. The molecule has 0 aliphatic carbocycles. The molecule has 3 aromatic carbocycles. The molecule has 1 aliphatic heterocycles. The zero-order chi connectivity index (χ0) is 27.6. The number of benzene rings is 3. The predicted octanol–water partition coefficient (Wildman–Crippen LogP) is 6.25. The van der Waals surface area contributed by atoms with Crippen LogP contribution in [0.2, 0.25) is 10.0 Å². The minimum Gasteiger partial charge on any atom is -0.486 e. The van der Waals surface area contributed by atoms with Crippen LogP contribution >= 0.6 is 23.2 Å². The highest BCUT2D eigenvalue weighted by atomic mass is 35.5. The summed E-state index contributed by atoms with van der Waals surface area (Å²) in [5.41, 5.74) is 2.66. The summed E-state index contributed by atoms with van der Waals surface area (Å²) in [5.74, 6) is 1.09. The molecule has 0 bridgehead atoms. The number of hydrogen-bond donors (Lipinski definition) is 1. The molecule has 39 heavy (non-hydrogen) atoms. The number of carbonyl (C=O) groups is 2. The summed E-state index contributed by atoms with van der Waals surface area (Å²) in [6, 6.07) is 20.0. The quantitative estimate of drug-likeness (QED) is 0.262. The van der Waals surface area contributed by atoms with Crippen molar-refractivity contribution >= 4 is 35.0 Å². The molecule has 0 spiro atoms. The van der Waals surface area contributed by atoms with Crippen molar-refractivity contribution in [3.63, 3.8) is 0 Å². The second-order valence-electron chi connectivity index (χ2n) is 9.59. The highest BCUT2D eigenvalue weighted by Gasteiger charge is 2.30. The fourth-order valence-electron chi connectivity index (χ4n) is 4.53. The summed E-state index contributed by atoms with van der Waals surface area (Å²) in [6.07, 6.45) is 2.93. The Hall–Kier alpha value is -3.22. The number of ether oxygens (including phenoxy) is 2. The van der Waals surface area contributed by atoms with Crippen molar-refractivity contribution in [2.45, 2.75) is 51.6 Å². The lowest BCUT2D eigenvalue weighted by Crippen LogP contribution is -2.50. The number of unbranched alkanes of at least 4 members (excludes halogenated alkanes) is 1. The Kier molecular flexibility index (Phi) is 10.5. The first-order valence-electron chi connectivity index (χ1n) is 13.4. The van der Waals surface area contributed by atoms with Crippen molar-refractivity contribution in [3.05, 3.63) is 93.5 Å². The summed E-state index contributed by atoms with van der Waals surface area (Å²) in [5, 5.41) is 4.01. The van der Waals surface area contributed by atoms with Crippen LogP contribution in [0.25, 0.3) is 0 Å². The van der Waals surface area contributed by atoms with Gasteiger partial charge in [0.05, 0.1) is 0 Å². The molecule has 2 amide bonds. The summed E-state index contributed by atoms with van der Waals surface area (Å²) >= 11 is 12.6. The van der Waals surface area contributed by atoms with Crippen molar-refractivity contribution in [1.29, 1.82) is 0 Å². The maximum atomic E-state index is 13.9. The first kappa shape index (κ1) is 28.8. The van der Waals surface area contributed by atoms with Crippen LogP contribution in [0.3, 0.4) is 0 Å².